The highest BCUT2D eigenvalue weighted by molar-refractivity contribution is 5.69. The molecule has 1 aliphatic carbocycles. The minimum Gasteiger partial charge on any atom is -0.497 e. The zero-order chi connectivity index (χ0) is 46.3. The van der Waals surface area contributed by atoms with Crippen LogP contribution in [0, 0.1) is 18.8 Å². The van der Waals surface area contributed by atoms with Crippen LogP contribution in [0.1, 0.15) is 98.5 Å². The SMILES string of the molecule is COc1ccc(CN(Cc2ccc(OC)cc2)c2cc(C)c(C(F)(F)F)c([C@@H]3Cc4nc(OCC56CCCN5CCC6)nc(N(C)CC5CN(C(=O)OC(C)(C)C)C5)c4C[C@H]3C)n2)cc1. The van der Waals surface area contributed by atoms with Crippen LogP contribution in [0.2, 0.25) is 0 Å². The molecule has 0 N–H and O–H groups in total. The van der Waals surface area contributed by atoms with Gasteiger partial charge in [-0.15, -0.1) is 0 Å². The van der Waals surface area contributed by atoms with Crippen LogP contribution < -0.4 is 24.0 Å². The Hall–Kier alpha value is -5.31. The van der Waals surface area contributed by atoms with Crippen molar-refractivity contribution in [2.24, 2.45) is 11.8 Å². The summed E-state index contributed by atoms with van der Waals surface area (Å²) >= 11 is 0. The number of aryl methyl sites for hydroxylation is 1. The first-order valence-corrected chi connectivity index (χ1v) is 23.0. The highest BCUT2D eigenvalue weighted by Gasteiger charge is 2.46. The molecule has 5 heterocycles. The maximum Gasteiger partial charge on any atom is 0.418 e. The Kier molecular flexibility index (Phi) is 13.2. The van der Waals surface area contributed by atoms with Crippen LogP contribution in [0.15, 0.2) is 54.6 Å². The minimum absolute atomic E-state index is 0.0271. The molecular weight excluding hydrogens is 836 g/mol. The summed E-state index contributed by atoms with van der Waals surface area (Å²) in [5.41, 5.74) is 2.33. The van der Waals surface area contributed by atoms with E-state index in [2.05, 4.69) is 9.80 Å². The zero-order valence-corrected chi connectivity index (χ0v) is 39.1. The highest BCUT2D eigenvalue weighted by atomic mass is 19.4. The number of hydrogen-bond donors (Lipinski definition) is 0. The number of aromatic nitrogens is 3. The molecule has 0 spiro atoms. The van der Waals surface area contributed by atoms with Gasteiger partial charge in [0, 0.05) is 57.2 Å². The van der Waals surface area contributed by atoms with Gasteiger partial charge in [0.25, 0.3) is 0 Å². The quantitative estimate of drug-likeness (QED) is 0.121. The molecule has 0 unspecified atom stereocenters. The van der Waals surface area contributed by atoms with E-state index in [-0.39, 0.29) is 47.2 Å². The third-order valence-corrected chi connectivity index (χ3v) is 13.7. The predicted octanol–water partition coefficient (Wildman–Crippen LogP) is 9.25. The lowest BCUT2D eigenvalue weighted by atomic mass is 9.75. The van der Waals surface area contributed by atoms with Crippen molar-refractivity contribution in [3.05, 3.63) is 93.8 Å². The Morgan fingerprint density at radius 1 is 0.877 bits per heavy atom. The molecule has 0 saturated carbocycles. The van der Waals surface area contributed by atoms with Crippen LogP contribution in [0.3, 0.4) is 0 Å². The van der Waals surface area contributed by atoms with Crippen LogP contribution in [0.4, 0.5) is 29.6 Å². The molecule has 3 aliphatic heterocycles. The van der Waals surface area contributed by atoms with E-state index in [1.54, 1.807) is 25.2 Å². The summed E-state index contributed by atoms with van der Waals surface area (Å²) in [4.78, 5) is 36.3. The number of methoxy groups -OCH3 is 2. The van der Waals surface area contributed by atoms with Gasteiger partial charge in [-0.1, -0.05) is 31.2 Å². The number of ether oxygens (including phenoxy) is 4. The number of fused-ring (bicyclic) bond motifs is 2. The predicted molar refractivity (Wildman–Crippen MR) is 244 cm³/mol. The molecule has 350 valence electrons. The Bertz CT molecular complexity index is 2250. The number of nitrogens with zero attached hydrogens (tertiary/aromatic N) is 7. The second-order valence-corrected chi connectivity index (χ2v) is 19.7. The van der Waals surface area contributed by atoms with Gasteiger partial charge in [-0.05, 0) is 132 Å². The fourth-order valence-corrected chi connectivity index (χ4v) is 10.4. The summed E-state index contributed by atoms with van der Waals surface area (Å²) in [6.07, 6.45) is 0.0642. The molecule has 2 aromatic carbocycles. The first-order valence-electron chi connectivity index (χ1n) is 23.0. The van der Waals surface area contributed by atoms with Gasteiger partial charge in [0.15, 0.2) is 0 Å². The van der Waals surface area contributed by atoms with E-state index in [1.807, 2.05) is 88.2 Å². The number of hydrogen-bond acceptors (Lipinski definition) is 11. The normalized spacial score (nSPS) is 19.6. The number of pyridine rings is 1. The molecule has 2 aromatic heterocycles. The number of carbonyl (C=O) groups is 1. The van der Waals surface area contributed by atoms with Crippen molar-refractivity contribution in [2.45, 2.75) is 109 Å². The molecule has 4 aromatic rings. The summed E-state index contributed by atoms with van der Waals surface area (Å²) in [6, 6.07) is 17.2. The smallest absolute Gasteiger partial charge is 0.418 e. The lowest BCUT2D eigenvalue weighted by molar-refractivity contribution is -0.139. The highest BCUT2D eigenvalue weighted by Crippen LogP contribution is 2.46. The molecule has 4 aliphatic rings. The average Bonchev–Trinajstić information content (AvgIpc) is 3.83. The fourth-order valence-electron chi connectivity index (χ4n) is 10.4. The largest absolute Gasteiger partial charge is 0.497 e. The standard InChI is InChI=1S/C50H64F3N7O5/c1-32-23-40-41(54-46(64-31-49-19-9-21-60(49)22-10-20-49)56-45(40)57(6)26-36-29-59(30-36)47(61)65-48(3,4)5)25-39(32)44-43(50(51,52)53)33(2)24-42(55-44)58(27-34-11-15-37(62-7)16-12-34)28-35-13-17-38(63-8)18-14-35/h11-18,24,32,36,39H,9-10,19-23,25-31H2,1-8H3/t32-,39-/m1/s1. The summed E-state index contributed by atoms with van der Waals surface area (Å²) in [6.45, 7) is 14.2. The van der Waals surface area contributed by atoms with Gasteiger partial charge in [-0.25, -0.2) is 9.78 Å². The second kappa shape index (κ2) is 18.5. The number of benzene rings is 2. The van der Waals surface area contributed by atoms with Crippen molar-refractivity contribution < 1.29 is 36.9 Å². The van der Waals surface area contributed by atoms with Crippen molar-refractivity contribution in [3.63, 3.8) is 0 Å². The molecule has 0 radical (unpaired) electrons. The number of likely N-dealkylation sites (tertiary alicyclic amines) is 1. The van der Waals surface area contributed by atoms with E-state index >= 15 is 13.2 Å². The Morgan fingerprint density at radius 2 is 1.48 bits per heavy atom. The Morgan fingerprint density at radius 3 is 2.03 bits per heavy atom. The van der Waals surface area contributed by atoms with Gasteiger partial charge in [-0.2, -0.15) is 23.1 Å². The molecule has 8 rings (SSSR count). The topological polar surface area (TPSA) is 106 Å². The molecule has 0 bridgehead atoms. The summed E-state index contributed by atoms with van der Waals surface area (Å²) in [5.74, 6) is 1.95. The van der Waals surface area contributed by atoms with Gasteiger partial charge in [-0.3, -0.25) is 4.90 Å². The molecular formula is C50H64F3N7O5. The van der Waals surface area contributed by atoms with Gasteiger partial charge in [0.05, 0.1) is 36.7 Å². The van der Waals surface area contributed by atoms with Crippen molar-refractivity contribution >= 4 is 17.7 Å². The average molecular weight is 900 g/mol. The van der Waals surface area contributed by atoms with E-state index < -0.39 is 23.3 Å². The van der Waals surface area contributed by atoms with Crippen molar-refractivity contribution in [1.82, 2.24) is 24.8 Å². The Balaban J connectivity index is 1.14. The van der Waals surface area contributed by atoms with E-state index in [0.717, 1.165) is 61.3 Å². The first-order chi connectivity index (χ1) is 30.9. The van der Waals surface area contributed by atoms with Crippen molar-refractivity contribution in [3.8, 4) is 17.5 Å². The van der Waals surface area contributed by atoms with Crippen molar-refractivity contribution in [1.29, 1.82) is 0 Å². The van der Waals surface area contributed by atoms with Gasteiger partial charge in [0.1, 0.15) is 35.3 Å². The van der Waals surface area contributed by atoms with Crippen LogP contribution in [0.5, 0.6) is 17.5 Å². The molecule has 12 nitrogen and oxygen atoms in total. The van der Waals surface area contributed by atoms with E-state index in [4.69, 9.17) is 33.9 Å². The lowest BCUT2D eigenvalue weighted by Gasteiger charge is -2.42. The number of alkyl halides is 3. The minimum atomic E-state index is -4.64. The maximum atomic E-state index is 15.4. The van der Waals surface area contributed by atoms with Crippen LogP contribution in [-0.4, -0.2) is 103 Å². The summed E-state index contributed by atoms with van der Waals surface area (Å²) in [7, 11) is 5.22. The number of anilines is 2. The second-order valence-electron chi connectivity index (χ2n) is 19.7. The molecule has 3 fully saturated rings. The number of halogens is 3. The molecule has 3 saturated heterocycles. The Labute approximate surface area is 381 Å². The third-order valence-electron chi connectivity index (χ3n) is 13.7. The number of amides is 1. The maximum absolute atomic E-state index is 15.4. The zero-order valence-electron chi connectivity index (χ0n) is 39.1. The van der Waals surface area contributed by atoms with Crippen LogP contribution in [-0.2, 0) is 36.8 Å². The van der Waals surface area contributed by atoms with E-state index in [9.17, 15) is 4.79 Å². The third kappa shape index (κ3) is 10.2. The molecule has 65 heavy (non-hydrogen) atoms. The molecule has 2 atom stereocenters. The van der Waals surface area contributed by atoms with E-state index in [0.29, 0.717) is 68.8 Å². The summed E-state index contributed by atoms with van der Waals surface area (Å²) in [5, 5.41) is 0. The number of rotatable bonds is 14. The van der Waals surface area contributed by atoms with Crippen LogP contribution in [0.25, 0.3) is 0 Å². The van der Waals surface area contributed by atoms with Crippen molar-refractivity contribution in [2.75, 3.05) is 70.4 Å². The summed E-state index contributed by atoms with van der Waals surface area (Å²) < 4.78 is 69.2. The van der Waals surface area contributed by atoms with Gasteiger partial charge >= 0.3 is 18.3 Å². The first kappa shape index (κ1) is 46.2. The molecule has 15 heteroatoms. The van der Waals surface area contributed by atoms with Crippen LogP contribution >= 0.6 is 0 Å². The number of carbonyl (C=O) groups excluding carboxylic acids is 1. The van der Waals surface area contributed by atoms with E-state index in [1.165, 1.54) is 6.92 Å². The monoisotopic (exact) mass is 899 g/mol. The van der Waals surface area contributed by atoms with Gasteiger partial charge in [0.2, 0.25) is 0 Å². The fraction of sp³-hybridized carbons (Fsp3) is 0.560. The lowest BCUT2D eigenvalue weighted by Crippen LogP contribution is -2.54. The van der Waals surface area contributed by atoms with Gasteiger partial charge < -0.3 is 33.6 Å². The molecule has 1 amide bonds.